The second-order valence-corrected chi connectivity index (χ2v) is 14.9. The topological polar surface area (TPSA) is 16.4 Å². The number of anilines is 3. The van der Waals surface area contributed by atoms with E-state index in [1.807, 2.05) is 0 Å². The Balaban J connectivity index is 1.05. The fourth-order valence-corrected chi connectivity index (χ4v) is 8.50. The van der Waals surface area contributed by atoms with E-state index in [9.17, 15) is 0 Å². The molecule has 11 aromatic rings. The molecule has 272 valence electrons. The summed E-state index contributed by atoms with van der Waals surface area (Å²) in [4.78, 5) is 2.37. The van der Waals surface area contributed by atoms with Crippen molar-refractivity contribution in [1.29, 1.82) is 0 Å². The van der Waals surface area contributed by atoms with Crippen molar-refractivity contribution in [3.05, 3.63) is 224 Å². The fraction of sp³-hybridized carbons (Fsp3) is 0. The highest BCUT2D eigenvalue weighted by molar-refractivity contribution is 6.14. The van der Waals surface area contributed by atoms with Gasteiger partial charge < -0.3 is 9.32 Å². The van der Waals surface area contributed by atoms with Crippen LogP contribution in [0.1, 0.15) is 0 Å². The maximum absolute atomic E-state index is 6.78. The molecule has 11 rings (SSSR count). The first kappa shape index (κ1) is 33.6. The zero-order valence-corrected chi connectivity index (χ0v) is 31.7. The SMILES string of the molecule is c1ccc(-c2cccc(-c3ccc(N(c4ccc(-c5ccc6ccccc6c5)cc4)c4ccccc4-c4cccc5c4oc4cc6ccccc6cc45)cc3)c2)cc1. The lowest BCUT2D eigenvalue weighted by Crippen LogP contribution is -2.11. The molecule has 0 saturated heterocycles. The molecule has 0 saturated carbocycles. The molecule has 0 spiro atoms. The molecule has 0 amide bonds. The van der Waals surface area contributed by atoms with Gasteiger partial charge in [-0.2, -0.15) is 0 Å². The van der Waals surface area contributed by atoms with E-state index in [-0.39, 0.29) is 0 Å². The molecule has 0 fully saturated rings. The normalized spacial score (nSPS) is 11.4. The molecule has 0 N–H and O–H groups in total. The van der Waals surface area contributed by atoms with Crippen molar-refractivity contribution in [1.82, 2.24) is 0 Å². The number of nitrogens with zero attached hydrogens (tertiary/aromatic N) is 1. The number of hydrogen-bond donors (Lipinski definition) is 0. The lowest BCUT2D eigenvalue weighted by molar-refractivity contribution is 0.670. The average molecular weight is 740 g/mol. The summed E-state index contributed by atoms with van der Waals surface area (Å²) < 4.78 is 6.78. The highest BCUT2D eigenvalue weighted by Gasteiger charge is 2.21. The molecule has 0 aliphatic carbocycles. The zero-order valence-electron chi connectivity index (χ0n) is 31.7. The Bertz CT molecular complexity index is 3270. The van der Waals surface area contributed by atoms with Crippen LogP contribution in [0, 0.1) is 0 Å². The summed E-state index contributed by atoms with van der Waals surface area (Å²) in [6.07, 6.45) is 0. The molecule has 2 heteroatoms. The Morgan fingerprint density at radius 3 is 1.50 bits per heavy atom. The molecular formula is C56H37NO. The number of furan rings is 1. The molecule has 0 bridgehead atoms. The monoisotopic (exact) mass is 739 g/mol. The smallest absolute Gasteiger partial charge is 0.143 e. The molecule has 0 aliphatic heterocycles. The molecule has 0 unspecified atom stereocenters. The standard InChI is InChI=1S/C56H37NO/c1-2-12-38(13-3-1)43-18-10-19-44(34-43)40-26-30-48(31-27-40)57(49-32-28-41(29-33-49)47-25-24-39-14-4-5-15-42(39)35-47)54-23-9-8-20-50(54)51-21-11-22-52-53-36-45-16-6-7-17-46(45)37-55(53)58-56(51)52/h1-37H. The quantitative estimate of drug-likeness (QED) is 0.162. The molecule has 0 aliphatic rings. The summed E-state index contributed by atoms with van der Waals surface area (Å²) in [5.41, 5.74) is 14.3. The van der Waals surface area contributed by atoms with Crippen molar-refractivity contribution in [3.8, 4) is 44.5 Å². The van der Waals surface area contributed by atoms with Crippen LogP contribution in [-0.4, -0.2) is 0 Å². The van der Waals surface area contributed by atoms with Crippen LogP contribution in [0.3, 0.4) is 0 Å². The summed E-state index contributed by atoms with van der Waals surface area (Å²) >= 11 is 0. The summed E-state index contributed by atoms with van der Waals surface area (Å²) in [5.74, 6) is 0. The molecule has 2 nitrogen and oxygen atoms in total. The minimum Gasteiger partial charge on any atom is -0.455 e. The van der Waals surface area contributed by atoms with Gasteiger partial charge in [-0.1, -0.05) is 170 Å². The molecule has 1 heterocycles. The van der Waals surface area contributed by atoms with Gasteiger partial charge in [-0.15, -0.1) is 0 Å². The Kier molecular flexibility index (Phi) is 8.19. The van der Waals surface area contributed by atoms with E-state index >= 15 is 0 Å². The van der Waals surface area contributed by atoms with E-state index in [0.717, 1.165) is 50.1 Å². The summed E-state index contributed by atoms with van der Waals surface area (Å²) in [5, 5.41) is 7.10. The summed E-state index contributed by atoms with van der Waals surface area (Å²) in [7, 11) is 0. The molecule has 1 aromatic heterocycles. The second kappa shape index (κ2) is 14.1. The van der Waals surface area contributed by atoms with Crippen LogP contribution in [0.25, 0.3) is 88.0 Å². The minimum absolute atomic E-state index is 0.889. The summed E-state index contributed by atoms with van der Waals surface area (Å²) in [6.45, 7) is 0. The van der Waals surface area contributed by atoms with E-state index in [1.165, 1.54) is 54.9 Å². The Labute approximate surface area is 337 Å². The third-order valence-electron chi connectivity index (χ3n) is 11.4. The van der Waals surface area contributed by atoms with Crippen molar-refractivity contribution in [2.75, 3.05) is 4.90 Å². The zero-order chi connectivity index (χ0) is 38.4. The van der Waals surface area contributed by atoms with Crippen molar-refractivity contribution >= 4 is 60.5 Å². The molecule has 0 atom stereocenters. The van der Waals surface area contributed by atoms with Crippen molar-refractivity contribution in [2.24, 2.45) is 0 Å². The number of hydrogen-bond acceptors (Lipinski definition) is 2. The van der Waals surface area contributed by atoms with Gasteiger partial charge >= 0.3 is 0 Å². The molecule has 10 aromatic carbocycles. The van der Waals surface area contributed by atoms with Crippen LogP contribution in [0.5, 0.6) is 0 Å². The van der Waals surface area contributed by atoms with Crippen molar-refractivity contribution < 1.29 is 4.42 Å². The Morgan fingerprint density at radius 1 is 0.293 bits per heavy atom. The van der Waals surface area contributed by atoms with E-state index in [0.29, 0.717) is 0 Å². The maximum atomic E-state index is 6.78. The van der Waals surface area contributed by atoms with Crippen LogP contribution < -0.4 is 4.90 Å². The maximum Gasteiger partial charge on any atom is 0.143 e. The lowest BCUT2D eigenvalue weighted by atomic mass is 9.97. The number of benzene rings is 10. The van der Waals surface area contributed by atoms with Gasteiger partial charge in [0.25, 0.3) is 0 Å². The van der Waals surface area contributed by atoms with E-state index in [2.05, 4.69) is 229 Å². The van der Waals surface area contributed by atoms with Crippen LogP contribution in [-0.2, 0) is 0 Å². The van der Waals surface area contributed by atoms with Crippen molar-refractivity contribution in [3.63, 3.8) is 0 Å². The first-order valence-electron chi connectivity index (χ1n) is 19.8. The Morgan fingerprint density at radius 2 is 0.793 bits per heavy atom. The Hall–Kier alpha value is -7.68. The first-order chi connectivity index (χ1) is 28.7. The van der Waals surface area contributed by atoms with E-state index in [1.54, 1.807) is 0 Å². The molecular weight excluding hydrogens is 703 g/mol. The minimum atomic E-state index is 0.889. The number of rotatable bonds is 7. The van der Waals surface area contributed by atoms with Gasteiger partial charge in [0.15, 0.2) is 0 Å². The third-order valence-corrected chi connectivity index (χ3v) is 11.4. The van der Waals surface area contributed by atoms with E-state index in [4.69, 9.17) is 4.42 Å². The van der Waals surface area contributed by atoms with Gasteiger partial charge in [-0.05, 0) is 110 Å². The van der Waals surface area contributed by atoms with E-state index < -0.39 is 0 Å². The highest BCUT2D eigenvalue weighted by atomic mass is 16.3. The van der Waals surface area contributed by atoms with Gasteiger partial charge in [0.2, 0.25) is 0 Å². The predicted octanol–water partition coefficient (Wildman–Crippen LogP) is 16.0. The molecule has 0 radical (unpaired) electrons. The van der Waals surface area contributed by atoms with Crippen LogP contribution in [0.4, 0.5) is 17.1 Å². The predicted molar refractivity (Wildman–Crippen MR) is 245 cm³/mol. The van der Waals surface area contributed by atoms with Crippen molar-refractivity contribution in [2.45, 2.75) is 0 Å². The van der Waals surface area contributed by atoms with Gasteiger partial charge in [-0.3, -0.25) is 0 Å². The van der Waals surface area contributed by atoms with Crippen LogP contribution in [0.15, 0.2) is 229 Å². The fourth-order valence-electron chi connectivity index (χ4n) is 8.50. The number of fused-ring (bicyclic) bond motifs is 5. The largest absolute Gasteiger partial charge is 0.455 e. The van der Waals surface area contributed by atoms with Gasteiger partial charge in [0.05, 0.1) is 5.69 Å². The van der Waals surface area contributed by atoms with Gasteiger partial charge in [0.1, 0.15) is 11.2 Å². The highest BCUT2D eigenvalue weighted by Crippen LogP contribution is 2.45. The third kappa shape index (κ3) is 6.00. The molecule has 58 heavy (non-hydrogen) atoms. The first-order valence-corrected chi connectivity index (χ1v) is 19.8. The second-order valence-electron chi connectivity index (χ2n) is 14.9. The van der Waals surface area contributed by atoms with Gasteiger partial charge in [0, 0.05) is 33.3 Å². The lowest BCUT2D eigenvalue weighted by Gasteiger charge is -2.28. The average Bonchev–Trinajstić information content (AvgIpc) is 3.67. The summed E-state index contributed by atoms with van der Waals surface area (Å²) in [6, 6.07) is 80.6. The van der Waals surface area contributed by atoms with Gasteiger partial charge in [-0.25, -0.2) is 0 Å². The number of para-hydroxylation sites is 2. The van der Waals surface area contributed by atoms with Crippen LogP contribution in [0.2, 0.25) is 0 Å². The van der Waals surface area contributed by atoms with Crippen LogP contribution >= 0.6 is 0 Å².